The molecule has 164 valence electrons. The molecule has 1 aliphatic rings. The Bertz CT molecular complexity index is 1450. The number of rotatable bonds is 4. The van der Waals surface area contributed by atoms with Crippen molar-refractivity contribution in [1.82, 2.24) is 4.68 Å². The van der Waals surface area contributed by atoms with Gasteiger partial charge in [0, 0.05) is 10.9 Å². The summed E-state index contributed by atoms with van der Waals surface area (Å²) < 4.78 is 7.24. The molecular weight excluding hydrogens is 436 g/mol. The summed E-state index contributed by atoms with van der Waals surface area (Å²) in [5.41, 5.74) is 4.97. The molecule has 2 N–H and O–H groups in total. The molecule has 0 unspecified atom stereocenters. The van der Waals surface area contributed by atoms with E-state index in [1.54, 1.807) is 29.1 Å². The summed E-state index contributed by atoms with van der Waals surface area (Å²) in [6.45, 7) is 2.03. The largest absolute Gasteiger partial charge is 0.508 e. The van der Waals surface area contributed by atoms with E-state index in [0.717, 1.165) is 28.1 Å². The minimum atomic E-state index is -0.185. The van der Waals surface area contributed by atoms with Crippen molar-refractivity contribution in [1.29, 1.82) is 0 Å². The number of carbonyl (C=O) groups excluding carboxylic acids is 1. The number of phenolic OH excluding ortho intramolecular Hbond substituents is 1. The third-order valence-corrected chi connectivity index (χ3v) is 5.93. The Morgan fingerprint density at radius 3 is 2.85 bits per heavy atom. The normalized spacial score (nSPS) is 13.6. The first kappa shape index (κ1) is 20.7. The summed E-state index contributed by atoms with van der Waals surface area (Å²) in [7, 11) is 0. The minimum Gasteiger partial charge on any atom is -0.508 e. The number of aromatic nitrogens is 1. The first-order chi connectivity index (χ1) is 16.1. The Hall–Kier alpha value is -4.17. The van der Waals surface area contributed by atoms with Crippen LogP contribution in [0.5, 0.6) is 11.5 Å². The monoisotopic (exact) mass is 456 g/mol. The number of amides is 1. The standard InChI is InChI=1S/C25H20N4O3S/c1-16-5-2-3-8-20(16)28-25-29(26-13-17-6-4-7-19(30)11-17)22(15-33-25)18-9-10-23-21(12-18)27-24(31)14-32-23/h2-13,15,30H,14H2,1H3,(H,27,31)/b26-13-,28-25?. The Morgan fingerprint density at radius 2 is 2.00 bits per heavy atom. The van der Waals surface area contributed by atoms with Crippen LogP contribution < -0.4 is 14.9 Å². The van der Waals surface area contributed by atoms with Gasteiger partial charge in [0.15, 0.2) is 6.61 Å². The van der Waals surface area contributed by atoms with E-state index < -0.39 is 0 Å². The van der Waals surface area contributed by atoms with Gasteiger partial charge in [-0.3, -0.25) is 4.79 Å². The van der Waals surface area contributed by atoms with Gasteiger partial charge in [0.2, 0.25) is 4.80 Å². The molecule has 1 amide bonds. The number of aromatic hydroxyl groups is 1. The molecule has 0 radical (unpaired) electrons. The number of benzene rings is 3. The molecule has 0 aliphatic carbocycles. The van der Waals surface area contributed by atoms with Crippen LogP contribution in [0.3, 0.4) is 0 Å². The SMILES string of the molecule is Cc1ccccc1N=c1scc(-c2ccc3c(c2)NC(=O)CO3)n1/N=C\c1cccc(O)c1. The maximum atomic E-state index is 11.8. The summed E-state index contributed by atoms with van der Waals surface area (Å²) in [5.74, 6) is 0.618. The molecule has 3 aromatic carbocycles. The number of anilines is 1. The molecule has 7 nitrogen and oxygen atoms in total. The van der Waals surface area contributed by atoms with Crippen molar-refractivity contribution in [3.8, 4) is 22.8 Å². The maximum Gasteiger partial charge on any atom is 0.262 e. The number of para-hydroxylation sites is 1. The molecular formula is C25H20N4O3S. The van der Waals surface area contributed by atoms with Gasteiger partial charge in [0.05, 0.1) is 23.3 Å². The molecule has 2 heterocycles. The predicted octanol–water partition coefficient (Wildman–Crippen LogP) is 4.68. The molecule has 0 spiro atoms. The summed E-state index contributed by atoms with van der Waals surface area (Å²) in [4.78, 5) is 17.3. The highest BCUT2D eigenvalue weighted by molar-refractivity contribution is 7.07. The number of nitrogens with one attached hydrogen (secondary N) is 1. The second kappa shape index (κ2) is 8.76. The van der Waals surface area contributed by atoms with Gasteiger partial charge in [0.1, 0.15) is 11.5 Å². The van der Waals surface area contributed by atoms with Crippen LogP contribution in [0, 0.1) is 6.92 Å². The lowest BCUT2D eigenvalue weighted by atomic mass is 10.1. The summed E-state index contributed by atoms with van der Waals surface area (Å²) in [6, 6.07) is 20.4. The van der Waals surface area contributed by atoms with Gasteiger partial charge in [-0.25, -0.2) is 9.67 Å². The highest BCUT2D eigenvalue weighted by Crippen LogP contribution is 2.33. The van der Waals surface area contributed by atoms with Crippen molar-refractivity contribution in [2.24, 2.45) is 10.1 Å². The number of aryl methyl sites for hydroxylation is 1. The van der Waals surface area contributed by atoms with Crippen LogP contribution in [0.2, 0.25) is 0 Å². The third-order valence-electron chi connectivity index (χ3n) is 5.12. The van der Waals surface area contributed by atoms with Crippen LogP contribution in [-0.2, 0) is 4.79 Å². The fraction of sp³-hybridized carbons (Fsp3) is 0.0800. The Kier molecular flexibility index (Phi) is 5.50. The average Bonchev–Trinajstić information content (AvgIpc) is 3.21. The molecule has 0 fully saturated rings. The van der Waals surface area contributed by atoms with Crippen molar-refractivity contribution in [2.75, 3.05) is 11.9 Å². The summed E-state index contributed by atoms with van der Waals surface area (Å²) >= 11 is 1.47. The van der Waals surface area contributed by atoms with Crippen LogP contribution in [0.1, 0.15) is 11.1 Å². The van der Waals surface area contributed by atoms with E-state index >= 15 is 0 Å². The van der Waals surface area contributed by atoms with Crippen molar-refractivity contribution < 1.29 is 14.6 Å². The first-order valence-corrected chi connectivity index (χ1v) is 11.2. The number of hydrogen-bond donors (Lipinski definition) is 2. The van der Waals surface area contributed by atoms with Gasteiger partial charge in [-0.2, -0.15) is 5.10 Å². The fourth-order valence-corrected chi connectivity index (χ4v) is 4.30. The number of nitrogens with zero attached hydrogens (tertiary/aromatic N) is 3. The van der Waals surface area contributed by atoms with E-state index in [1.165, 1.54) is 11.3 Å². The van der Waals surface area contributed by atoms with E-state index in [1.807, 2.05) is 60.8 Å². The van der Waals surface area contributed by atoms with E-state index in [0.29, 0.717) is 16.2 Å². The lowest BCUT2D eigenvalue weighted by Gasteiger charge is -2.18. The van der Waals surface area contributed by atoms with Crippen LogP contribution >= 0.6 is 11.3 Å². The lowest BCUT2D eigenvalue weighted by Crippen LogP contribution is -2.25. The zero-order valence-electron chi connectivity index (χ0n) is 17.7. The molecule has 0 bridgehead atoms. The van der Waals surface area contributed by atoms with Gasteiger partial charge in [-0.1, -0.05) is 30.3 Å². The zero-order valence-corrected chi connectivity index (χ0v) is 18.5. The topological polar surface area (TPSA) is 88.2 Å². The average molecular weight is 457 g/mol. The quantitative estimate of drug-likeness (QED) is 0.437. The first-order valence-electron chi connectivity index (χ1n) is 10.3. The molecule has 5 rings (SSSR count). The van der Waals surface area contributed by atoms with Crippen LogP contribution in [0.4, 0.5) is 11.4 Å². The number of ether oxygens (including phenoxy) is 1. The number of fused-ring (bicyclic) bond motifs is 1. The molecule has 4 aromatic rings. The number of carbonyl (C=O) groups is 1. The van der Waals surface area contributed by atoms with Gasteiger partial charge in [-0.15, -0.1) is 11.3 Å². The number of thiazole rings is 1. The van der Waals surface area contributed by atoms with Crippen molar-refractivity contribution in [3.63, 3.8) is 0 Å². The van der Waals surface area contributed by atoms with Gasteiger partial charge >= 0.3 is 0 Å². The van der Waals surface area contributed by atoms with Gasteiger partial charge < -0.3 is 15.2 Å². The van der Waals surface area contributed by atoms with E-state index in [2.05, 4.69) is 10.4 Å². The Morgan fingerprint density at radius 1 is 1.12 bits per heavy atom. The third kappa shape index (κ3) is 4.42. The highest BCUT2D eigenvalue weighted by atomic mass is 32.1. The number of phenols is 1. The second-order valence-electron chi connectivity index (χ2n) is 7.50. The Balaban J connectivity index is 1.64. The van der Waals surface area contributed by atoms with E-state index in [-0.39, 0.29) is 18.3 Å². The molecule has 1 aromatic heterocycles. The predicted molar refractivity (Wildman–Crippen MR) is 129 cm³/mol. The van der Waals surface area contributed by atoms with E-state index in [4.69, 9.17) is 9.73 Å². The summed E-state index contributed by atoms with van der Waals surface area (Å²) in [5, 5.41) is 19.3. The zero-order chi connectivity index (χ0) is 22.8. The van der Waals surface area contributed by atoms with Gasteiger partial charge in [0.25, 0.3) is 5.91 Å². The molecule has 33 heavy (non-hydrogen) atoms. The van der Waals surface area contributed by atoms with Crippen molar-refractivity contribution in [2.45, 2.75) is 6.92 Å². The second-order valence-corrected chi connectivity index (χ2v) is 8.34. The smallest absolute Gasteiger partial charge is 0.262 e. The van der Waals surface area contributed by atoms with E-state index in [9.17, 15) is 9.90 Å². The fourth-order valence-electron chi connectivity index (χ4n) is 3.45. The van der Waals surface area contributed by atoms with Crippen molar-refractivity contribution in [3.05, 3.63) is 88.0 Å². The van der Waals surface area contributed by atoms with Gasteiger partial charge in [-0.05, 0) is 54.4 Å². The minimum absolute atomic E-state index is 0.0124. The van der Waals surface area contributed by atoms with Crippen LogP contribution in [0.25, 0.3) is 11.3 Å². The number of hydrogen-bond acceptors (Lipinski definition) is 6. The molecule has 0 saturated heterocycles. The molecule has 8 heteroatoms. The highest BCUT2D eigenvalue weighted by Gasteiger charge is 2.18. The molecule has 0 atom stereocenters. The van der Waals surface area contributed by atoms with Crippen LogP contribution in [0.15, 0.2) is 82.2 Å². The Labute approximate surface area is 194 Å². The summed E-state index contributed by atoms with van der Waals surface area (Å²) in [6.07, 6.45) is 1.68. The lowest BCUT2D eigenvalue weighted by molar-refractivity contribution is -0.118. The molecule has 0 saturated carbocycles. The van der Waals surface area contributed by atoms with Crippen molar-refractivity contribution >= 4 is 34.8 Å². The molecule has 1 aliphatic heterocycles. The maximum absolute atomic E-state index is 11.8. The van der Waals surface area contributed by atoms with Crippen LogP contribution in [-0.4, -0.2) is 28.5 Å².